The van der Waals surface area contributed by atoms with Crippen LogP contribution in [-0.2, 0) is 6.42 Å². The lowest BCUT2D eigenvalue weighted by Gasteiger charge is -2.19. The second-order valence-electron chi connectivity index (χ2n) is 4.69. The van der Waals surface area contributed by atoms with Crippen molar-refractivity contribution in [1.29, 1.82) is 0 Å². The van der Waals surface area contributed by atoms with Gasteiger partial charge in [0.15, 0.2) is 0 Å². The molecule has 0 bridgehead atoms. The topological polar surface area (TPSA) is 41.5 Å². The Kier molecular flexibility index (Phi) is 7.83. The molecule has 0 heterocycles. The third-order valence-corrected chi connectivity index (χ3v) is 3.30. The van der Waals surface area contributed by atoms with E-state index in [0.29, 0.717) is 6.54 Å². The number of benzene rings is 2. The minimum Gasteiger partial charge on any atom is -0.497 e. The van der Waals surface area contributed by atoms with Gasteiger partial charge in [-0.2, -0.15) is 0 Å². The Bertz CT molecular complexity index is 502. The molecule has 0 aliphatic rings. The van der Waals surface area contributed by atoms with Crippen LogP contribution in [0.4, 0.5) is 0 Å². The summed E-state index contributed by atoms with van der Waals surface area (Å²) in [5, 5.41) is 12.4. The Labute approximate surface area is 132 Å². The molecule has 0 aliphatic heterocycles. The average Bonchev–Trinajstić information content (AvgIpc) is 2.52. The van der Waals surface area contributed by atoms with Crippen molar-refractivity contribution in [2.45, 2.75) is 12.5 Å². The van der Waals surface area contributed by atoms with E-state index in [0.717, 1.165) is 12.2 Å². The lowest BCUT2D eigenvalue weighted by atomic mass is 9.99. The number of nitrogens with one attached hydrogen (secondary N) is 1. The van der Waals surface area contributed by atoms with Crippen molar-refractivity contribution in [1.82, 2.24) is 5.32 Å². The zero-order valence-corrected chi connectivity index (χ0v) is 13.0. The van der Waals surface area contributed by atoms with Gasteiger partial charge in [-0.1, -0.05) is 42.5 Å². The van der Waals surface area contributed by atoms with E-state index >= 15 is 0 Å². The molecule has 2 N–H and O–H groups in total. The van der Waals surface area contributed by atoms with Gasteiger partial charge in [-0.25, -0.2) is 0 Å². The molecule has 1 atom stereocenters. The zero-order valence-electron chi connectivity index (χ0n) is 12.2. The highest BCUT2D eigenvalue weighted by atomic mass is 35.5. The molecular weight excluding hydrogens is 286 g/mol. The summed E-state index contributed by atoms with van der Waals surface area (Å²) in [4.78, 5) is 0. The number of aliphatic hydroxyl groups excluding tert-OH is 1. The fourth-order valence-corrected chi connectivity index (χ4v) is 2.23. The van der Waals surface area contributed by atoms with Gasteiger partial charge in [0, 0.05) is 12.6 Å². The number of aliphatic hydroxyl groups is 1. The van der Waals surface area contributed by atoms with Crippen LogP contribution in [0.3, 0.4) is 0 Å². The number of hydrogen-bond donors (Lipinski definition) is 2. The summed E-state index contributed by atoms with van der Waals surface area (Å²) in [6.45, 7) is 0.727. The van der Waals surface area contributed by atoms with Crippen LogP contribution >= 0.6 is 12.4 Å². The lowest BCUT2D eigenvalue weighted by Crippen LogP contribution is -2.26. The number of methoxy groups -OCH3 is 1. The van der Waals surface area contributed by atoms with Crippen molar-refractivity contribution in [2.75, 3.05) is 20.3 Å². The first kappa shape index (κ1) is 17.5. The number of hydrogen-bond acceptors (Lipinski definition) is 3. The van der Waals surface area contributed by atoms with E-state index < -0.39 is 0 Å². The Morgan fingerprint density at radius 2 is 1.71 bits per heavy atom. The molecule has 2 aromatic carbocycles. The summed E-state index contributed by atoms with van der Waals surface area (Å²) in [7, 11) is 1.67. The van der Waals surface area contributed by atoms with Gasteiger partial charge >= 0.3 is 0 Å². The molecule has 114 valence electrons. The predicted molar refractivity (Wildman–Crippen MR) is 88.2 cm³/mol. The van der Waals surface area contributed by atoms with Crippen LogP contribution in [0.2, 0.25) is 0 Å². The molecule has 21 heavy (non-hydrogen) atoms. The normalized spacial score (nSPS) is 11.5. The van der Waals surface area contributed by atoms with Gasteiger partial charge in [-0.15, -0.1) is 12.4 Å². The van der Waals surface area contributed by atoms with Crippen LogP contribution in [0.5, 0.6) is 5.75 Å². The first-order valence-electron chi connectivity index (χ1n) is 6.85. The number of halogens is 1. The Morgan fingerprint density at radius 3 is 2.29 bits per heavy atom. The van der Waals surface area contributed by atoms with E-state index in [2.05, 4.69) is 29.6 Å². The molecule has 2 aromatic rings. The van der Waals surface area contributed by atoms with E-state index in [4.69, 9.17) is 9.84 Å². The molecule has 0 amide bonds. The standard InChI is InChI=1S/C17H21NO2.ClH/c1-20-16-9-7-15(8-10-16)17(18-11-12-19)13-14-5-3-2-4-6-14;/h2-10,17-19H,11-13H2,1H3;1H. The maximum Gasteiger partial charge on any atom is 0.118 e. The highest BCUT2D eigenvalue weighted by molar-refractivity contribution is 5.85. The van der Waals surface area contributed by atoms with Crippen LogP contribution in [0, 0.1) is 0 Å². The summed E-state index contributed by atoms with van der Waals surface area (Å²) in [6, 6.07) is 18.6. The van der Waals surface area contributed by atoms with Gasteiger partial charge in [0.1, 0.15) is 5.75 Å². The summed E-state index contributed by atoms with van der Waals surface area (Å²) < 4.78 is 5.19. The molecule has 3 nitrogen and oxygen atoms in total. The Balaban J connectivity index is 0.00000220. The van der Waals surface area contributed by atoms with Crippen molar-refractivity contribution in [2.24, 2.45) is 0 Å². The van der Waals surface area contributed by atoms with Crippen LogP contribution in [-0.4, -0.2) is 25.4 Å². The van der Waals surface area contributed by atoms with Crippen LogP contribution in [0.15, 0.2) is 54.6 Å². The van der Waals surface area contributed by atoms with E-state index in [1.807, 2.05) is 30.3 Å². The molecule has 0 saturated heterocycles. The molecule has 4 heteroatoms. The van der Waals surface area contributed by atoms with E-state index in [9.17, 15) is 0 Å². The van der Waals surface area contributed by atoms with Gasteiger partial charge in [0.25, 0.3) is 0 Å². The Morgan fingerprint density at radius 1 is 1.05 bits per heavy atom. The van der Waals surface area contributed by atoms with Gasteiger partial charge in [0.05, 0.1) is 13.7 Å². The van der Waals surface area contributed by atoms with Gasteiger partial charge < -0.3 is 15.2 Å². The van der Waals surface area contributed by atoms with Crippen molar-refractivity contribution in [3.63, 3.8) is 0 Å². The molecular formula is C17H22ClNO2. The summed E-state index contributed by atoms with van der Waals surface area (Å²) >= 11 is 0. The second kappa shape index (κ2) is 9.40. The zero-order chi connectivity index (χ0) is 14.2. The first-order chi connectivity index (χ1) is 9.83. The number of rotatable bonds is 7. The van der Waals surface area contributed by atoms with Gasteiger partial charge in [0.2, 0.25) is 0 Å². The van der Waals surface area contributed by atoms with Crippen molar-refractivity contribution < 1.29 is 9.84 Å². The largest absolute Gasteiger partial charge is 0.497 e. The van der Waals surface area contributed by atoms with Crippen molar-refractivity contribution in [3.05, 3.63) is 65.7 Å². The molecule has 0 aromatic heterocycles. The highest BCUT2D eigenvalue weighted by Crippen LogP contribution is 2.21. The first-order valence-corrected chi connectivity index (χ1v) is 6.85. The molecule has 2 rings (SSSR count). The van der Waals surface area contributed by atoms with Crippen molar-refractivity contribution in [3.8, 4) is 5.75 Å². The average molecular weight is 308 g/mol. The highest BCUT2D eigenvalue weighted by Gasteiger charge is 2.11. The summed E-state index contributed by atoms with van der Waals surface area (Å²) in [5.41, 5.74) is 2.47. The molecule has 0 aliphatic carbocycles. The SMILES string of the molecule is COc1ccc(C(Cc2ccccc2)NCCO)cc1.Cl. The van der Waals surface area contributed by atoms with Gasteiger partial charge in [-0.3, -0.25) is 0 Å². The van der Waals surface area contributed by atoms with Gasteiger partial charge in [-0.05, 0) is 29.7 Å². The molecule has 0 fully saturated rings. The van der Waals surface area contributed by atoms with Crippen LogP contribution in [0.25, 0.3) is 0 Å². The van der Waals surface area contributed by atoms with Crippen molar-refractivity contribution >= 4 is 12.4 Å². The molecule has 0 saturated carbocycles. The minimum absolute atomic E-state index is 0. The lowest BCUT2D eigenvalue weighted by molar-refractivity contribution is 0.284. The van der Waals surface area contributed by atoms with E-state index in [1.54, 1.807) is 7.11 Å². The Hall–Kier alpha value is -1.55. The maximum atomic E-state index is 9.03. The fraction of sp³-hybridized carbons (Fsp3) is 0.294. The second-order valence-corrected chi connectivity index (χ2v) is 4.69. The summed E-state index contributed by atoms with van der Waals surface area (Å²) in [5.74, 6) is 0.856. The predicted octanol–water partition coefficient (Wildman–Crippen LogP) is 2.98. The maximum absolute atomic E-state index is 9.03. The minimum atomic E-state index is 0. The molecule has 0 spiro atoms. The fourth-order valence-electron chi connectivity index (χ4n) is 2.23. The third kappa shape index (κ3) is 5.38. The van der Waals surface area contributed by atoms with E-state index in [-0.39, 0.29) is 25.1 Å². The molecule has 1 unspecified atom stereocenters. The third-order valence-electron chi connectivity index (χ3n) is 3.30. The smallest absolute Gasteiger partial charge is 0.118 e. The monoisotopic (exact) mass is 307 g/mol. The van der Waals surface area contributed by atoms with E-state index in [1.165, 1.54) is 11.1 Å². The number of ether oxygens (including phenoxy) is 1. The van der Waals surface area contributed by atoms with Crippen LogP contribution in [0.1, 0.15) is 17.2 Å². The summed E-state index contributed by atoms with van der Waals surface area (Å²) in [6.07, 6.45) is 0.896. The van der Waals surface area contributed by atoms with Crippen LogP contribution < -0.4 is 10.1 Å². The molecule has 0 radical (unpaired) electrons. The quantitative estimate of drug-likeness (QED) is 0.826.